The molecule has 1 aromatic rings. The molecular weight excluding hydrogens is 315 g/mol. The van der Waals surface area contributed by atoms with Crippen molar-refractivity contribution in [3.05, 3.63) is 27.2 Å². The zero-order valence-corrected chi connectivity index (χ0v) is 14.7. The first-order valence-electron chi connectivity index (χ1n) is 6.81. The van der Waals surface area contributed by atoms with Gasteiger partial charge < -0.3 is 0 Å². The monoisotopic (exact) mass is 333 g/mol. The van der Waals surface area contributed by atoms with Gasteiger partial charge in [0.1, 0.15) is 15.6 Å². The number of azo groups is 2. The maximum Gasteiger partial charge on any atom is 0.269 e. The van der Waals surface area contributed by atoms with E-state index in [-0.39, 0.29) is 11.1 Å². The van der Waals surface area contributed by atoms with Crippen LogP contribution in [0, 0.1) is 5.92 Å². The van der Waals surface area contributed by atoms with Crippen molar-refractivity contribution in [3.8, 4) is 0 Å². The Morgan fingerprint density at radius 1 is 1.15 bits per heavy atom. The number of hydrogen-bond acceptors (Lipinski definition) is 1. The lowest BCUT2D eigenvalue weighted by molar-refractivity contribution is -0.583. The summed E-state index contributed by atoms with van der Waals surface area (Å²) in [6.07, 6.45) is 0.955. The maximum absolute atomic E-state index is 6.37. The predicted octanol–water partition coefficient (Wildman–Crippen LogP) is 6.34. The standard InChI is InChI=1S/C15H20Cl3N2/c1-6-15(5)9(2)14(3,4)19-20(15)13-11(17)7-10(16)8-12(13)18/h7-9H,6H2,1-5H3/q+1/t9-,15-/m1/s1. The van der Waals surface area contributed by atoms with Gasteiger partial charge in [-0.15, -0.1) is 0 Å². The van der Waals surface area contributed by atoms with Crippen molar-refractivity contribution in [1.82, 2.24) is 0 Å². The van der Waals surface area contributed by atoms with Crippen LogP contribution in [0.15, 0.2) is 17.2 Å². The van der Waals surface area contributed by atoms with E-state index >= 15 is 0 Å². The highest BCUT2D eigenvalue weighted by Gasteiger charge is 2.58. The Morgan fingerprint density at radius 3 is 2.10 bits per heavy atom. The van der Waals surface area contributed by atoms with E-state index in [4.69, 9.17) is 39.9 Å². The molecule has 0 radical (unpaired) electrons. The Balaban J connectivity index is 2.68. The van der Waals surface area contributed by atoms with Crippen LogP contribution in [0.4, 0.5) is 5.69 Å². The van der Waals surface area contributed by atoms with Gasteiger partial charge in [-0.2, -0.15) is 0 Å². The molecule has 2 atom stereocenters. The minimum absolute atomic E-state index is 0.120. The van der Waals surface area contributed by atoms with Gasteiger partial charge in [-0.3, -0.25) is 0 Å². The van der Waals surface area contributed by atoms with E-state index < -0.39 is 0 Å². The molecule has 2 nitrogen and oxygen atoms in total. The second kappa shape index (κ2) is 5.15. The highest BCUT2D eigenvalue weighted by atomic mass is 35.5. The van der Waals surface area contributed by atoms with E-state index in [9.17, 15) is 0 Å². The fraction of sp³-hybridized carbons (Fsp3) is 0.600. The van der Waals surface area contributed by atoms with E-state index in [1.165, 1.54) is 0 Å². The Kier molecular flexibility index (Phi) is 4.14. The lowest BCUT2D eigenvalue weighted by atomic mass is 9.75. The van der Waals surface area contributed by atoms with Crippen molar-refractivity contribution in [3.63, 3.8) is 0 Å². The molecule has 0 bridgehead atoms. The molecule has 20 heavy (non-hydrogen) atoms. The third-order valence-electron chi connectivity index (χ3n) is 4.74. The topological polar surface area (TPSA) is 15.4 Å². The first-order chi connectivity index (χ1) is 9.13. The van der Waals surface area contributed by atoms with E-state index in [1.807, 2.05) is 4.70 Å². The molecular formula is C15H20Cl3N2+. The largest absolute Gasteiger partial charge is 0.269 e. The number of hydrogen-bond donors (Lipinski definition) is 0. The number of benzene rings is 1. The maximum atomic E-state index is 6.37. The first-order valence-corrected chi connectivity index (χ1v) is 7.94. The van der Waals surface area contributed by atoms with Crippen molar-refractivity contribution in [2.75, 3.05) is 0 Å². The molecule has 1 aromatic carbocycles. The van der Waals surface area contributed by atoms with Gasteiger partial charge >= 0.3 is 0 Å². The Labute approximate surface area is 135 Å². The van der Waals surface area contributed by atoms with E-state index in [1.54, 1.807) is 12.1 Å². The fourth-order valence-electron chi connectivity index (χ4n) is 2.90. The van der Waals surface area contributed by atoms with Gasteiger partial charge in [0.15, 0.2) is 5.54 Å². The minimum Gasteiger partial charge on any atom is -0.0842 e. The van der Waals surface area contributed by atoms with Crippen LogP contribution in [-0.2, 0) is 0 Å². The number of nitrogens with zero attached hydrogens (tertiary/aromatic N) is 2. The molecule has 0 aromatic heterocycles. The van der Waals surface area contributed by atoms with Gasteiger partial charge in [-0.1, -0.05) is 53.3 Å². The number of halogens is 3. The van der Waals surface area contributed by atoms with Gasteiger partial charge in [-0.25, -0.2) is 0 Å². The van der Waals surface area contributed by atoms with Crippen molar-refractivity contribution in [2.24, 2.45) is 11.0 Å². The lowest BCUT2D eigenvalue weighted by Crippen LogP contribution is -2.42. The Hall–Kier alpha value is -0.310. The molecule has 1 aliphatic rings. The summed E-state index contributed by atoms with van der Waals surface area (Å²) in [4.78, 5) is 0. The molecule has 0 amide bonds. The van der Waals surface area contributed by atoms with Crippen LogP contribution in [0.25, 0.3) is 0 Å². The van der Waals surface area contributed by atoms with Crippen LogP contribution < -0.4 is 0 Å². The van der Waals surface area contributed by atoms with E-state index in [2.05, 4.69) is 34.6 Å². The molecule has 0 saturated carbocycles. The van der Waals surface area contributed by atoms with Crippen molar-refractivity contribution >= 4 is 40.5 Å². The van der Waals surface area contributed by atoms with Crippen LogP contribution in [-0.4, -0.2) is 15.8 Å². The molecule has 0 saturated heterocycles. The summed E-state index contributed by atoms with van der Waals surface area (Å²) in [6.45, 7) is 10.9. The molecule has 0 spiro atoms. The molecule has 2 rings (SSSR count). The molecule has 1 aliphatic heterocycles. The molecule has 0 N–H and O–H groups in total. The van der Waals surface area contributed by atoms with E-state index in [0.717, 1.165) is 12.1 Å². The van der Waals surface area contributed by atoms with Crippen molar-refractivity contribution in [1.29, 1.82) is 0 Å². The summed E-state index contributed by atoms with van der Waals surface area (Å²) in [5, 5.41) is 6.48. The molecule has 1 heterocycles. The van der Waals surface area contributed by atoms with Gasteiger partial charge in [0.2, 0.25) is 0 Å². The molecule has 0 fully saturated rings. The molecule has 0 unspecified atom stereocenters. The Bertz CT molecular complexity index is 557. The molecule has 110 valence electrons. The summed E-state index contributed by atoms with van der Waals surface area (Å²) < 4.78 is 2.00. The first kappa shape index (κ1) is 16.1. The van der Waals surface area contributed by atoms with Gasteiger partial charge in [0, 0.05) is 18.4 Å². The third kappa shape index (κ3) is 2.36. The second-order valence-corrected chi connectivity index (χ2v) is 7.47. The summed E-state index contributed by atoms with van der Waals surface area (Å²) >= 11 is 18.7. The van der Waals surface area contributed by atoms with Crippen LogP contribution in [0.3, 0.4) is 0 Å². The zero-order chi connectivity index (χ0) is 15.3. The number of rotatable bonds is 2. The highest BCUT2D eigenvalue weighted by molar-refractivity contribution is 6.41. The zero-order valence-electron chi connectivity index (χ0n) is 12.5. The normalized spacial score (nSPS) is 28.6. The summed E-state index contributed by atoms with van der Waals surface area (Å²) in [6, 6.07) is 3.43. The van der Waals surface area contributed by atoms with Gasteiger partial charge in [0.25, 0.3) is 5.69 Å². The van der Waals surface area contributed by atoms with Crippen LogP contribution in [0.5, 0.6) is 0 Å². The fourth-order valence-corrected chi connectivity index (χ4v) is 3.88. The predicted molar refractivity (Wildman–Crippen MR) is 85.8 cm³/mol. The summed E-state index contributed by atoms with van der Waals surface area (Å²) in [5.41, 5.74) is 0.473. The average molecular weight is 335 g/mol. The third-order valence-corrected chi connectivity index (χ3v) is 5.54. The smallest absolute Gasteiger partial charge is 0.0842 e. The average Bonchev–Trinajstić information content (AvgIpc) is 2.50. The second-order valence-electron chi connectivity index (χ2n) is 6.22. The quantitative estimate of drug-likeness (QED) is 0.561. The Morgan fingerprint density at radius 2 is 1.65 bits per heavy atom. The van der Waals surface area contributed by atoms with Crippen molar-refractivity contribution in [2.45, 2.75) is 52.1 Å². The molecule has 0 aliphatic carbocycles. The lowest BCUT2D eigenvalue weighted by Gasteiger charge is -2.27. The van der Waals surface area contributed by atoms with Crippen LogP contribution in [0.2, 0.25) is 15.1 Å². The summed E-state index contributed by atoms with van der Waals surface area (Å²) in [5.74, 6) is 0.378. The minimum atomic E-state index is -0.156. The van der Waals surface area contributed by atoms with Crippen molar-refractivity contribution < 1.29 is 4.70 Å². The van der Waals surface area contributed by atoms with Crippen LogP contribution in [0.1, 0.15) is 41.0 Å². The SMILES string of the molecule is CC[C@]1(C)[C@H](C)C(C)(C)N=[N+]1c1c(Cl)cc(Cl)cc1Cl. The highest BCUT2D eigenvalue weighted by Crippen LogP contribution is 2.49. The van der Waals surface area contributed by atoms with E-state index in [0.29, 0.717) is 21.0 Å². The van der Waals surface area contributed by atoms with Gasteiger partial charge in [0.05, 0.1) is 5.92 Å². The van der Waals surface area contributed by atoms with Crippen LogP contribution >= 0.6 is 34.8 Å². The van der Waals surface area contributed by atoms with Gasteiger partial charge in [-0.05, 0) is 31.1 Å². The molecule has 5 heteroatoms. The summed E-state index contributed by atoms with van der Waals surface area (Å²) in [7, 11) is 0.